The molecule has 1 saturated carbocycles. The summed E-state index contributed by atoms with van der Waals surface area (Å²) in [5.74, 6) is -0.636. The number of nitrogens with one attached hydrogen (secondary N) is 1. The zero-order valence-corrected chi connectivity index (χ0v) is 13.3. The van der Waals surface area contributed by atoms with Gasteiger partial charge in [-0.25, -0.2) is 17.5 Å². The lowest BCUT2D eigenvalue weighted by molar-refractivity contribution is 0.294. The number of nitrogens with two attached hydrogens (primary N) is 1. The zero-order valence-electron chi connectivity index (χ0n) is 11.7. The van der Waals surface area contributed by atoms with Gasteiger partial charge in [-0.1, -0.05) is 30.9 Å². The van der Waals surface area contributed by atoms with Gasteiger partial charge in [0.25, 0.3) is 0 Å². The van der Waals surface area contributed by atoms with Crippen LogP contribution in [0.3, 0.4) is 0 Å². The quantitative estimate of drug-likeness (QED) is 0.869. The predicted molar refractivity (Wildman–Crippen MR) is 81.1 cm³/mol. The van der Waals surface area contributed by atoms with Gasteiger partial charge in [-0.2, -0.15) is 0 Å². The number of hydrogen-bond acceptors (Lipinski definition) is 3. The Morgan fingerprint density at radius 2 is 2.00 bits per heavy atom. The zero-order chi connectivity index (χ0) is 15.5. The predicted octanol–water partition coefficient (Wildman–Crippen LogP) is 2.67. The molecule has 1 unspecified atom stereocenters. The molecule has 0 aromatic heterocycles. The Balaban J connectivity index is 2.18. The molecule has 0 heterocycles. The SMILES string of the molecule is NCC(NS(=O)(=O)c1ccc(Cl)cc1F)C1CCCCC1. The fourth-order valence-electron chi connectivity index (χ4n) is 2.83. The van der Waals surface area contributed by atoms with Crippen molar-refractivity contribution in [2.75, 3.05) is 6.54 Å². The first-order valence-corrected chi connectivity index (χ1v) is 8.97. The Bertz CT molecular complexity index is 589. The molecule has 0 spiro atoms. The molecule has 0 bridgehead atoms. The van der Waals surface area contributed by atoms with Gasteiger partial charge in [0.2, 0.25) is 10.0 Å². The van der Waals surface area contributed by atoms with Gasteiger partial charge in [-0.3, -0.25) is 0 Å². The molecule has 118 valence electrons. The topological polar surface area (TPSA) is 72.2 Å². The summed E-state index contributed by atoms with van der Waals surface area (Å²) in [6.45, 7) is 0.207. The Hall–Kier alpha value is -0.690. The average molecular weight is 335 g/mol. The van der Waals surface area contributed by atoms with Crippen LogP contribution in [0.4, 0.5) is 4.39 Å². The maximum Gasteiger partial charge on any atom is 0.243 e. The van der Waals surface area contributed by atoms with Crippen molar-refractivity contribution in [1.29, 1.82) is 0 Å². The molecule has 1 aromatic carbocycles. The highest BCUT2D eigenvalue weighted by atomic mass is 35.5. The summed E-state index contributed by atoms with van der Waals surface area (Å²) in [5, 5.41) is 0.161. The first-order chi connectivity index (χ1) is 9.94. The van der Waals surface area contributed by atoms with Gasteiger partial charge in [0.15, 0.2) is 0 Å². The number of halogens is 2. The van der Waals surface area contributed by atoms with E-state index in [9.17, 15) is 12.8 Å². The van der Waals surface area contributed by atoms with Gasteiger partial charge in [0, 0.05) is 17.6 Å². The third-order valence-electron chi connectivity index (χ3n) is 3.96. The van der Waals surface area contributed by atoms with E-state index in [1.807, 2.05) is 0 Å². The lowest BCUT2D eigenvalue weighted by Gasteiger charge is -2.29. The first-order valence-electron chi connectivity index (χ1n) is 7.11. The lowest BCUT2D eigenvalue weighted by atomic mass is 9.84. The molecule has 1 fully saturated rings. The van der Waals surface area contributed by atoms with Crippen molar-refractivity contribution in [1.82, 2.24) is 4.72 Å². The van der Waals surface area contributed by atoms with Crippen molar-refractivity contribution in [3.63, 3.8) is 0 Å². The van der Waals surface area contributed by atoms with Crippen molar-refractivity contribution >= 4 is 21.6 Å². The Kier molecular flexibility index (Phi) is 5.60. The van der Waals surface area contributed by atoms with Gasteiger partial charge in [0.05, 0.1) is 0 Å². The van der Waals surface area contributed by atoms with E-state index in [0.29, 0.717) is 0 Å². The maximum atomic E-state index is 13.8. The number of sulfonamides is 1. The number of benzene rings is 1. The molecule has 0 aliphatic heterocycles. The minimum absolute atomic E-state index is 0.161. The van der Waals surface area contributed by atoms with Crippen LogP contribution < -0.4 is 10.5 Å². The monoisotopic (exact) mass is 334 g/mol. The van der Waals surface area contributed by atoms with Crippen molar-refractivity contribution in [2.24, 2.45) is 11.7 Å². The van der Waals surface area contributed by atoms with Gasteiger partial charge < -0.3 is 5.73 Å². The van der Waals surface area contributed by atoms with Crippen molar-refractivity contribution in [3.05, 3.63) is 29.0 Å². The molecule has 0 amide bonds. The summed E-state index contributed by atoms with van der Waals surface area (Å²) in [6, 6.07) is 3.17. The second-order valence-electron chi connectivity index (χ2n) is 5.44. The molecular formula is C14H20ClFN2O2S. The number of rotatable bonds is 5. The molecule has 7 heteroatoms. The summed E-state index contributed by atoms with van der Waals surface area (Å²) in [6.07, 6.45) is 5.24. The van der Waals surface area contributed by atoms with E-state index in [2.05, 4.69) is 4.72 Å². The van der Waals surface area contributed by atoms with E-state index >= 15 is 0 Å². The molecule has 0 saturated heterocycles. The standard InChI is InChI=1S/C14H20ClFN2O2S/c15-11-6-7-14(12(16)8-11)21(19,20)18-13(9-17)10-4-2-1-3-5-10/h6-8,10,13,18H,1-5,9,17H2. The van der Waals surface area contributed by atoms with Crippen molar-refractivity contribution < 1.29 is 12.8 Å². The van der Waals surface area contributed by atoms with E-state index in [1.54, 1.807) is 0 Å². The van der Waals surface area contributed by atoms with Gasteiger partial charge in [-0.05, 0) is 37.0 Å². The van der Waals surface area contributed by atoms with Gasteiger partial charge >= 0.3 is 0 Å². The van der Waals surface area contributed by atoms with Crippen molar-refractivity contribution in [3.8, 4) is 0 Å². The summed E-state index contributed by atoms with van der Waals surface area (Å²) in [4.78, 5) is -0.388. The molecule has 1 aliphatic carbocycles. The van der Waals surface area contributed by atoms with Crippen LogP contribution in [0.2, 0.25) is 5.02 Å². The Morgan fingerprint density at radius 1 is 1.33 bits per heavy atom. The van der Waals surface area contributed by atoms with Crippen LogP contribution >= 0.6 is 11.6 Å². The van der Waals surface area contributed by atoms with Crippen LogP contribution in [0, 0.1) is 11.7 Å². The molecular weight excluding hydrogens is 315 g/mol. The summed E-state index contributed by atoms with van der Waals surface area (Å²) in [7, 11) is -3.93. The fourth-order valence-corrected chi connectivity index (χ4v) is 4.37. The summed E-state index contributed by atoms with van der Waals surface area (Å²) in [5.41, 5.74) is 5.71. The van der Waals surface area contributed by atoms with Crippen LogP contribution in [0.1, 0.15) is 32.1 Å². The second kappa shape index (κ2) is 7.05. The Morgan fingerprint density at radius 3 is 2.57 bits per heavy atom. The van der Waals surface area contributed by atoms with E-state index in [1.165, 1.54) is 18.6 Å². The smallest absolute Gasteiger partial charge is 0.243 e. The van der Waals surface area contributed by atoms with E-state index < -0.39 is 15.8 Å². The largest absolute Gasteiger partial charge is 0.329 e. The van der Waals surface area contributed by atoms with Crippen LogP contribution in [0.15, 0.2) is 23.1 Å². The molecule has 1 aromatic rings. The van der Waals surface area contributed by atoms with E-state index in [4.69, 9.17) is 17.3 Å². The normalized spacial score (nSPS) is 18.6. The molecule has 1 atom stereocenters. The van der Waals surface area contributed by atoms with Gasteiger partial charge in [-0.15, -0.1) is 0 Å². The van der Waals surface area contributed by atoms with Gasteiger partial charge in [0.1, 0.15) is 10.7 Å². The molecule has 4 nitrogen and oxygen atoms in total. The summed E-state index contributed by atoms with van der Waals surface area (Å²) < 4.78 is 41.0. The Labute approximate surface area is 129 Å². The van der Waals surface area contributed by atoms with Crippen molar-refractivity contribution in [2.45, 2.75) is 43.0 Å². The maximum absolute atomic E-state index is 13.8. The highest BCUT2D eigenvalue weighted by Crippen LogP contribution is 2.27. The van der Waals surface area contributed by atoms with E-state index in [0.717, 1.165) is 31.7 Å². The second-order valence-corrected chi connectivity index (χ2v) is 7.56. The average Bonchev–Trinajstić information content (AvgIpc) is 2.45. The third kappa shape index (κ3) is 4.16. The van der Waals surface area contributed by atoms with Crippen LogP contribution in [-0.2, 0) is 10.0 Å². The molecule has 0 radical (unpaired) electrons. The lowest BCUT2D eigenvalue weighted by Crippen LogP contribution is -2.46. The molecule has 21 heavy (non-hydrogen) atoms. The molecule has 2 rings (SSSR count). The first kappa shape index (κ1) is 16.7. The van der Waals surface area contributed by atoms with Crippen LogP contribution in [0.25, 0.3) is 0 Å². The minimum atomic E-state index is -3.93. The third-order valence-corrected chi connectivity index (χ3v) is 5.72. The fraction of sp³-hybridized carbons (Fsp3) is 0.571. The van der Waals surface area contributed by atoms with Crippen LogP contribution in [-0.4, -0.2) is 21.0 Å². The highest BCUT2D eigenvalue weighted by molar-refractivity contribution is 7.89. The minimum Gasteiger partial charge on any atom is -0.329 e. The highest BCUT2D eigenvalue weighted by Gasteiger charge is 2.28. The molecule has 1 aliphatic rings. The number of hydrogen-bond donors (Lipinski definition) is 2. The summed E-state index contributed by atoms with van der Waals surface area (Å²) >= 11 is 5.65. The molecule has 3 N–H and O–H groups in total. The van der Waals surface area contributed by atoms with Crippen LogP contribution in [0.5, 0.6) is 0 Å². The van der Waals surface area contributed by atoms with E-state index in [-0.39, 0.29) is 28.4 Å².